The summed E-state index contributed by atoms with van der Waals surface area (Å²) < 4.78 is 54.6. The molecule has 4 rings (SSSR count). The van der Waals surface area contributed by atoms with Crippen molar-refractivity contribution in [1.82, 2.24) is 14.0 Å². The first-order valence-electron chi connectivity index (χ1n) is 12.5. The molecule has 2 unspecified atom stereocenters. The number of aromatic nitrogens is 1. The maximum absolute atomic E-state index is 13.4. The highest BCUT2D eigenvalue weighted by atomic mass is 32.2. The lowest BCUT2D eigenvalue weighted by Gasteiger charge is -2.21. The molecule has 2 N–H and O–H groups in total. The summed E-state index contributed by atoms with van der Waals surface area (Å²) >= 11 is 0. The Morgan fingerprint density at radius 3 is 2.38 bits per heavy atom. The van der Waals surface area contributed by atoms with Crippen LogP contribution in [0.2, 0.25) is 0 Å². The van der Waals surface area contributed by atoms with E-state index in [1.54, 1.807) is 75.4 Å². The Balaban J connectivity index is 1.58. The molecule has 0 aliphatic carbocycles. The standard InChI is InChI=1S/C28H31N5O5S2/c1-28(2,3)32-40(37,38)25-11-6-5-10-22(25)21-12-13-26(30-16-21)31-27(34)24-18-33(39(4,35)36)17-23(24)20-9-7-8-19(14-20)15-29/h5-14,16,23-24,32H,17-18H2,1-4H3,(H,30,31,34). The van der Waals surface area contributed by atoms with Crippen LogP contribution in [0.25, 0.3) is 11.1 Å². The molecular weight excluding hydrogens is 550 g/mol. The summed E-state index contributed by atoms with van der Waals surface area (Å²) in [5.41, 5.74) is 1.46. The maximum Gasteiger partial charge on any atom is 0.241 e. The lowest BCUT2D eigenvalue weighted by molar-refractivity contribution is -0.119. The molecule has 1 saturated heterocycles. The van der Waals surface area contributed by atoms with Gasteiger partial charge in [0.1, 0.15) is 5.82 Å². The summed E-state index contributed by atoms with van der Waals surface area (Å²) in [7, 11) is -7.36. The zero-order valence-electron chi connectivity index (χ0n) is 22.6. The Bertz CT molecular complexity index is 1670. The molecule has 1 fully saturated rings. The summed E-state index contributed by atoms with van der Waals surface area (Å²) in [5, 5.41) is 12.1. The quantitative estimate of drug-likeness (QED) is 0.435. The van der Waals surface area contributed by atoms with Crippen molar-refractivity contribution in [3.05, 3.63) is 78.0 Å². The van der Waals surface area contributed by atoms with E-state index in [0.717, 1.165) is 6.26 Å². The highest BCUT2D eigenvalue weighted by Gasteiger charge is 2.42. The summed E-state index contributed by atoms with van der Waals surface area (Å²) in [6.45, 7) is 5.39. The molecular formula is C28H31N5O5S2. The van der Waals surface area contributed by atoms with Crippen molar-refractivity contribution in [3.8, 4) is 17.2 Å². The van der Waals surface area contributed by atoms with Gasteiger partial charge in [-0.3, -0.25) is 4.79 Å². The number of nitrogens with one attached hydrogen (secondary N) is 2. The zero-order valence-corrected chi connectivity index (χ0v) is 24.3. The number of pyridine rings is 1. The van der Waals surface area contributed by atoms with Crippen LogP contribution >= 0.6 is 0 Å². The number of nitrogens with zero attached hydrogens (tertiary/aromatic N) is 3. The Kier molecular flexibility index (Phi) is 8.14. The number of hydrogen-bond donors (Lipinski definition) is 2. The molecule has 2 aromatic carbocycles. The van der Waals surface area contributed by atoms with Gasteiger partial charge in [0.15, 0.2) is 0 Å². The maximum atomic E-state index is 13.4. The van der Waals surface area contributed by atoms with Crippen LogP contribution < -0.4 is 10.0 Å². The van der Waals surface area contributed by atoms with E-state index in [-0.39, 0.29) is 23.8 Å². The van der Waals surface area contributed by atoms with Gasteiger partial charge in [0, 0.05) is 41.9 Å². The average Bonchev–Trinajstić information content (AvgIpc) is 3.35. The fourth-order valence-electron chi connectivity index (χ4n) is 4.72. The average molecular weight is 582 g/mol. The number of amides is 1. The van der Waals surface area contributed by atoms with Gasteiger partial charge in [-0.25, -0.2) is 30.8 Å². The number of nitriles is 1. The summed E-state index contributed by atoms with van der Waals surface area (Å²) in [6, 6.07) is 18.7. The Labute approximate surface area is 235 Å². The van der Waals surface area contributed by atoms with Crippen molar-refractivity contribution in [2.45, 2.75) is 37.1 Å². The van der Waals surface area contributed by atoms with Gasteiger partial charge >= 0.3 is 0 Å². The molecule has 1 aliphatic rings. The molecule has 1 aliphatic heterocycles. The number of rotatable bonds is 7. The van der Waals surface area contributed by atoms with Crippen LogP contribution in [0.1, 0.15) is 37.8 Å². The van der Waals surface area contributed by atoms with E-state index in [9.17, 15) is 26.9 Å². The number of carbonyl (C=O) groups is 1. The van der Waals surface area contributed by atoms with Crippen LogP contribution in [0.4, 0.5) is 5.82 Å². The molecule has 210 valence electrons. The largest absolute Gasteiger partial charge is 0.310 e. The van der Waals surface area contributed by atoms with Crippen molar-refractivity contribution in [3.63, 3.8) is 0 Å². The molecule has 12 heteroatoms. The molecule has 2 atom stereocenters. The number of benzene rings is 2. The third kappa shape index (κ3) is 6.74. The second kappa shape index (κ2) is 11.1. The fourth-order valence-corrected chi connectivity index (χ4v) is 7.24. The SMILES string of the molecule is CC(C)(C)NS(=O)(=O)c1ccccc1-c1ccc(NC(=O)C2CN(S(C)(=O)=O)CC2c2cccc(C#N)c2)nc1. The molecule has 2 heterocycles. The molecule has 40 heavy (non-hydrogen) atoms. The van der Waals surface area contributed by atoms with E-state index in [4.69, 9.17) is 0 Å². The lowest BCUT2D eigenvalue weighted by atomic mass is 9.87. The smallest absolute Gasteiger partial charge is 0.241 e. The molecule has 0 saturated carbocycles. The zero-order chi connectivity index (χ0) is 29.3. The van der Waals surface area contributed by atoms with Crippen LogP contribution in [0.3, 0.4) is 0 Å². The molecule has 0 bridgehead atoms. The molecule has 0 radical (unpaired) electrons. The second-order valence-electron chi connectivity index (χ2n) is 10.8. The number of hydrogen-bond acceptors (Lipinski definition) is 7. The second-order valence-corrected chi connectivity index (χ2v) is 14.4. The first-order valence-corrected chi connectivity index (χ1v) is 15.9. The third-order valence-electron chi connectivity index (χ3n) is 6.48. The van der Waals surface area contributed by atoms with Crippen LogP contribution in [-0.4, -0.2) is 56.9 Å². The summed E-state index contributed by atoms with van der Waals surface area (Å²) in [5.74, 6) is -1.32. The minimum atomic E-state index is -3.81. The predicted molar refractivity (Wildman–Crippen MR) is 152 cm³/mol. The summed E-state index contributed by atoms with van der Waals surface area (Å²) in [4.78, 5) is 17.8. The molecule has 1 aromatic heterocycles. The van der Waals surface area contributed by atoms with Crippen LogP contribution in [0.15, 0.2) is 71.8 Å². The first kappa shape index (κ1) is 29.4. The molecule has 3 aromatic rings. The van der Waals surface area contributed by atoms with Gasteiger partial charge < -0.3 is 5.32 Å². The highest BCUT2D eigenvalue weighted by Crippen LogP contribution is 2.35. The Morgan fingerprint density at radius 2 is 1.75 bits per heavy atom. The van der Waals surface area contributed by atoms with Crippen molar-refractivity contribution in [2.24, 2.45) is 5.92 Å². The van der Waals surface area contributed by atoms with E-state index in [1.165, 1.54) is 16.6 Å². The van der Waals surface area contributed by atoms with Crippen LogP contribution in [0.5, 0.6) is 0 Å². The van der Waals surface area contributed by atoms with E-state index in [2.05, 4.69) is 21.1 Å². The third-order valence-corrected chi connectivity index (χ3v) is 9.53. The van der Waals surface area contributed by atoms with E-state index >= 15 is 0 Å². The van der Waals surface area contributed by atoms with Crippen LogP contribution in [0, 0.1) is 17.2 Å². The van der Waals surface area contributed by atoms with E-state index in [1.807, 2.05) is 0 Å². The van der Waals surface area contributed by atoms with Gasteiger partial charge in [-0.05, 0) is 56.7 Å². The van der Waals surface area contributed by atoms with Gasteiger partial charge in [-0.1, -0.05) is 30.3 Å². The summed E-state index contributed by atoms with van der Waals surface area (Å²) in [6.07, 6.45) is 2.58. The number of carbonyl (C=O) groups excluding carboxylic acids is 1. The monoisotopic (exact) mass is 581 g/mol. The van der Waals surface area contributed by atoms with Gasteiger partial charge in [0.25, 0.3) is 0 Å². The van der Waals surface area contributed by atoms with Crippen LogP contribution in [-0.2, 0) is 24.8 Å². The lowest BCUT2D eigenvalue weighted by Crippen LogP contribution is -2.40. The molecule has 10 nitrogen and oxygen atoms in total. The van der Waals surface area contributed by atoms with Crippen molar-refractivity contribution in [2.75, 3.05) is 24.7 Å². The number of anilines is 1. The Hall–Kier alpha value is -3.63. The predicted octanol–water partition coefficient (Wildman–Crippen LogP) is 3.31. The number of sulfonamides is 2. The fraction of sp³-hybridized carbons (Fsp3) is 0.321. The first-order chi connectivity index (χ1) is 18.7. The van der Waals surface area contributed by atoms with Crippen molar-refractivity contribution < 1.29 is 21.6 Å². The van der Waals surface area contributed by atoms with Gasteiger partial charge in [-0.15, -0.1) is 0 Å². The molecule has 1 amide bonds. The van der Waals surface area contributed by atoms with Gasteiger partial charge in [0.2, 0.25) is 26.0 Å². The normalized spacial score (nSPS) is 18.3. The minimum absolute atomic E-state index is 0.00376. The van der Waals surface area contributed by atoms with Gasteiger partial charge in [-0.2, -0.15) is 5.26 Å². The topological polar surface area (TPSA) is 149 Å². The van der Waals surface area contributed by atoms with E-state index < -0.39 is 43.3 Å². The minimum Gasteiger partial charge on any atom is -0.310 e. The van der Waals surface area contributed by atoms with Crippen molar-refractivity contribution >= 4 is 31.8 Å². The van der Waals surface area contributed by atoms with E-state index in [0.29, 0.717) is 22.3 Å². The van der Waals surface area contributed by atoms with Crippen molar-refractivity contribution in [1.29, 1.82) is 5.26 Å². The van der Waals surface area contributed by atoms with Gasteiger partial charge in [0.05, 0.1) is 28.7 Å². The Morgan fingerprint density at radius 1 is 1.02 bits per heavy atom. The molecule has 0 spiro atoms. The highest BCUT2D eigenvalue weighted by molar-refractivity contribution is 7.89.